The topological polar surface area (TPSA) is 23.9 Å². The molecule has 1 atom stereocenters. The van der Waals surface area contributed by atoms with Gasteiger partial charge in [-0.15, -0.1) is 0 Å². The fourth-order valence-corrected chi connectivity index (χ4v) is 1.27. The molecule has 1 nitrogen and oxygen atoms in total. The summed E-state index contributed by atoms with van der Waals surface area (Å²) < 4.78 is 0. The van der Waals surface area contributed by atoms with Gasteiger partial charge in [0.05, 0.1) is 0 Å². The van der Waals surface area contributed by atoms with E-state index in [4.69, 9.17) is 17.6 Å². The van der Waals surface area contributed by atoms with Gasteiger partial charge in [0, 0.05) is 11.6 Å². The van der Waals surface area contributed by atoms with Crippen LogP contribution in [0, 0.1) is 5.41 Å². The fraction of sp³-hybridized carbons (Fsp3) is 0.273. The van der Waals surface area contributed by atoms with Gasteiger partial charge in [-0.2, -0.15) is 0 Å². The van der Waals surface area contributed by atoms with Crippen LogP contribution in [-0.4, -0.2) is 11.1 Å². The molecule has 0 amide bonds. The summed E-state index contributed by atoms with van der Waals surface area (Å²) in [6.45, 7) is 3.86. The Morgan fingerprint density at radius 2 is 1.92 bits per heavy atom. The maximum Gasteiger partial charge on any atom is 0.0355 e. The summed E-state index contributed by atoms with van der Waals surface area (Å²) in [6, 6.07) is 7.99. The highest BCUT2D eigenvalue weighted by Gasteiger charge is 2.01. The Balaban J connectivity index is 2.93. The molecule has 0 spiro atoms. The van der Waals surface area contributed by atoms with Crippen molar-refractivity contribution >= 4 is 23.3 Å². The van der Waals surface area contributed by atoms with E-state index >= 15 is 0 Å². The molecule has 0 bridgehead atoms. The molecule has 0 heterocycles. The molecule has 1 N–H and O–H groups in total. The zero-order chi connectivity index (χ0) is 9.84. The monoisotopic (exact) mass is 191 g/mol. The Hall–Kier alpha value is -1.02. The number of thiocarbonyl (C=S) groups is 1. The molecule has 1 rings (SSSR count). The van der Waals surface area contributed by atoms with Crippen LogP contribution in [-0.2, 0) is 0 Å². The molecule has 1 aromatic rings. The second kappa shape index (κ2) is 4.28. The quantitative estimate of drug-likeness (QED) is 0.576. The van der Waals surface area contributed by atoms with Crippen LogP contribution in [0.5, 0.6) is 0 Å². The predicted octanol–water partition coefficient (Wildman–Crippen LogP) is 3.18. The Bertz CT molecular complexity index is 313. The Morgan fingerprint density at radius 1 is 1.38 bits per heavy atom. The second-order valence-electron chi connectivity index (χ2n) is 3.17. The Kier molecular flexibility index (Phi) is 3.32. The Labute approximate surface area is 84.3 Å². The van der Waals surface area contributed by atoms with Gasteiger partial charge < -0.3 is 5.41 Å². The van der Waals surface area contributed by atoms with Crippen LogP contribution in [0.15, 0.2) is 24.3 Å². The molecule has 1 aromatic carbocycles. The highest BCUT2D eigenvalue weighted by Crippen LogP contribution is 2.14. The lowest BCUT2D eigenvalue weighted by molar-refractivity contribution is 1.06. The third kappa shape index (κ3) is 2.46. The van der Waals surface area contributed by atoms with Gasteiger partial charge in [0.25, 0.3) is 0 Å². The molecule has 0 saturated heterocycles. The number of benzene rings is 1. The first-order valence-corrected chi connectivity index (χ1v) is 4.73. The van der Waals surface area contributed by atoms with E-state index in [-0.39, 0.29) is 0 Å². The van der Waals surface area contributed by atoms with Crippen molar-refractivity contribution in [2.75, 3.05) is 0 Å². The summed E-state index contributed by atoms with van der Waals surface area (Å²) in [5.74, 6) is 0.315. The van der Waals surface area contributed by atoms with Crippen molar-refractivity contribution in [2.45, 2.75) is 19.8 Å². The standard InChI is InChI=1S/C11H13NS/c1-8(7-13)10-3-5-11(6-4-10)9(2)12/h3-8,12H,1-2H3. The molecule has 0 aromatic heterocycles. The van der Waals surface area contributed by atoms with E-state index in [0.717, 1.165) is 5.56 Å². The summed E-state index contributed by atoms with van der Waals surface area (Å²) in [5.41, 5.74) is 2.78. The van der Waals surface area contributed by atoms with Crippen LogP contribution in [0.25, 0.3) is 0 Å². The summed E-state index contributed by atoms with van der Waals surface area (Å²) >= 11 is 4.87. The molecular formula is C11H13NS. The molecule has 0 aliphatic heterocycles. The minimum atomic E-state index is 0.315. The molecule has 0 aliphatic rings. The van der Waals surface area contributed by atoms with Crippen LogP contribution in [0.3, 0.4) is 0 Å². The highest BCUT2D eigenvalue weighted by atomic mass is 32.1. The van der Waals surface area contributed by atoms with Crippen LogP contribution in [0.4, 0.5) is 0 Å². The molecule has 0 fully saturated rings. The van der Waals surface area contributed by atoms with Crippen LogP contribution >= 0.6 is 12.2 Å². The smallest absolute Gasteiger partial charge is 0.0355 e. The summed E-state index contributed by atoms with van der Waals surface area (Å²) in [4.78, 5) is 0. The summed E-state index contributed by atoms with van der Waals surface area (Å²) in [7, 11) is 0. The molecule has 13 heavy (non-hydrogen) atoms. The van der Waals surface area contributed by atoms with E-state index in [1.54, 1.807) is 12.3 Å². The minimum Gasteiger partial charge on any atom is -0.305 e. The van der Waals surface area contributed by atoms with Crippen molar-refractivity contribution < 1.29 is 0 Å². The van der Waals surface area contributed by atoms with Gasteiger partial charge in [0.1, 0.15) is 0 Å². The molecule has 1 unspecified atom stereocenters. The number of nitrogens with one attached hydrogen (secondary N) is 1. The van der Waals surface area contributed by atoms with E-state index in [0.29, 0.717) is 11.6 Å². The van der Waals surface area contributed by atoms with Gasteiger partial charge in [0.15, 0.2) is 0 Å². The van der Waals surface area contributed by atoms with Crippen molar-refractivity contribution in [3.63, 3.8) is 0 Å². The zero-order valence-electron chi connectivity index (χ0n) is 7.87. The average Bonchev–Trinajstić information content (AvgIpc) is 2.17. The van der Waals surface area contributed by atoms with Crippen LogP contribution in [0.1, 0.15) is 30.9 Å². The van der Waals surface area contributed by atoms with Crippen molar-refractivity contribution in [1.82, 2.24) is 0 Å². The molecule has 2 heteroatoms. The first kappa shape index (κ1) is 10.1. The maximum absolute atomic E-state index is 7.43. The second-order valence-corrected chi connectivity index (χ2v) is 3.44. The van der Waals surface area contributed by atoms with Crippen molar-refractivity contribution in [3.8, 4) is 0 Å². The molecule has 0 saturated carbocycles. The molecule has 68 valence electrons. The number of rotatable bonds is 3. The van der Waals surface area contributed by atoms with Gasteiger partial charge in [-0.1, -0.05) is 43.4 Å². The largest absolute Gasteiger partial charge is 0.305 e. The average molecular weight is 191 g/mol. The SMILES string of the molecule is CC(=N)c1ccc(C(C)C=S)cc1. The maximum atomic E-state index is 7.43. The first-order chi connectivity index (χ1) is 6.15. The highest BCUT2D eigenvalue weighted by molar-refractivity contribution is 7.79. The van der Waals surface area contributed by atoms with Crippen LogP contribution < -0.4 is 0 Å². The van der Waals surface area contributed by atoms with Gasteiger partial charge in [-0.05, 0) is 23.4 Å². The summed E-state index contributed by atoms with van der Waals surface area (Å²) in [5, 5.41) is 9.19. The number of hydrogen-bond donors (Lipinski definition) is 1. The van der Waals surface area contributed by atoms with E-state index in [9.17, 15) is 0 Å². The summed E-state index contributed by atoms with van der Waals surface area (Å²) in [6.07, 6.45) is 0. The lowest BCUT2D eigenvalue weighted by Crippen LogP contribution is -1.95. The van der Waals surface area contributed by atoms with Gasteiger partial charge in [0.2, 0.25) is 0 Å². The molecule has 0 aliphatic carbocycles. The first-order valence-electron chi connectivity index (χ1n) is 4.26. The normalized spacial score (nSPS) is 12.2. The molecule has 0 radical (unpaired) electrons. The van der Waals surface area contributed by atoms with E-state index in [2.05, 4.69) is 6.92 Å². The van der Waals surface area contributed by atoms with Crippen molar-refractivity contribution in [2.24, 2.45) is 0 Å². The van der Waals surface area contributed by atoms with E-state index in [1.165, 1.54) is 5.56 Å². The lowest BCUT2D eigenvalue weighted by Gasteiger charge is -2.05. The minimum absolute atomic E-state index is 0.315. The van der Waals surface area contributed by atoms with Crippen molar-refractivity contribution in [1.29, 1.82) is 5.41 Å². The van der Waals surface area contributed by atoms with Gasteiger partial charge in [-0.3, -0.25) is 0 Å². The van der Waals surface area contributed by atoms with Gasteiger partial charge >= 0.3 is 0 Å². The van der Waals surface area contributed by atoms with Crippen molar-refractivity contribution in [3.05, 3.63) is 35.4 Å². The third-order valence-electron chi connectivity index (χ3n) is 2.07. The molecular weight excluding hydrogens is 178 g/mol. The van der Waals surface area contributed by atoms with Crippen LogP contribution in [0.2, 0.25) is 0 Å². The van der Waals surface area contributed by atoms with Gasteiger partial charge in [-0.25, -0.2) is 0 Å². The fourth-order valence-electron chi connectivity index (χ4n) is 1.12. The van der Waals surface area contributed by atoms with E-state index < -0.39 is 0 Å². The lowest BCUT2D eigenvalue weighted by atomic mass is 10.0. The number of hydrogen-bond acceptors (Lipinski definition) is 2. The Morgan fingerprint density at radius 3 is 2.31 bits per heavy atom. The zero-order valence-corrected chi connectivity index (χ0v) is 8.69. The predicted molar refractivity (Wildman–Crippen MR) is 61.0 cm³/mol. The third-order valence-corrected chi connectivity index (χ3v) is 2.48. The van der Waals surface area contributed by atoms with E-state index in [1.807, 2.05) is 24.3 Å².